The first-order valence-electron chi connectivity index (χ1n) is 12.1. The zero-order valence-corrected chi connectivity index (χ0v) is 21.8. The lowest BCUT2D eigenvalue weighted by molar-refractivity contribution is -0.149. The van der Waals surface area contributed by atoms with Crippen molar-refractivity contribution in [2.75, 3.05) is 19.6 Å². The summed E-state index contributed by atoms with van der Waals surface area (Å²) in [5.74, 6) is -1.97. The molecule has 1 unspecified atom stereocenters. The molecule has 3 rings (SSSR count). The number of fused-ring (bicyclic) bond motifs is 1. The second-order valence-electron chi connectivity index (χ2n) is 11.6. The molecule has 1 aromatic rings. The Bertz CT molecular complexity index is 1010. The van der Waals surface area contributed by atoms with Crippen molar-refractivity contribution in [2.45, 2.75) is 78.6 Å². The minimum Gasteiger partial charge on any atom is -0.480 e. The number of hydrogen-bond donors (Lipinski definition) is 4. The summed E-state index contributed by atoms with van der Waals surface area (Å²) < 4.78 is 14.1. The summed E-state index contributed by atoms with van der Waals surface area (Å²) in [4.78, 5) is 43.0. The van der Waals surface area contributed by atoms with E-state index in [1.807, 2.05) is 41.5 Å². The number of piperazine rings is 1. The Labute approximate surface area is 211 Å². The van der Waals surface area contributed by atoms with Gasteiger partial charge in [0.1, 0.15) is 11.9 Å². The first kappa shape index (κ1) is 27.8. The summed E-state index contributed by atoms with van der Waals surface area (Å²) in [5, 5.41) is 26.3. The number of urea groups is 1. The molecule has 1 saturated heterocycles. The summed E-state index contributed by atoms with van der Waals surface area (Å²) >= 11 is 0. The number of rotatable bonds is 5. The quantitative estimate of drug-likeness (QED) is 0.446. The van der Waals surface area contributed by atoms with E-state index in [1.54, 1.807) is 12.1 Å². The fraction of sp³-hybridized carbons (Fsp3) is 0.640. The maximum absolute atomic E-state index is 14.1. The van der Waals surface area contributed by atoms with Gasteiger partial charge in [-0.15, -0.1) is 0 Å². The van der Waals surface area contributed by atoms with Crippen LogP contribution in [0.1, 0.15) is 52.7 Å². The van der Waals surface area contributed by atoms with Gasteiger partial charge in [-0.3, -0.25) is 15.4 Å². The van der Waals surface area contributed by atoms with E-state index >= 15 is 0 Å². The monoisotopic (exact) mass is 507 g/mol. The molecule has 0 aromatic heterocycles. The smallest absolute Gasteiger partial charge is 0.328 e. The topological polar surface area (TPSA) is 125 Å². The molecule has 0 saturated carbocycles. The molecule has 11 heteroatoms. The minimum absolute atomic E-state index is 0.0243. The Morgan fingerprint density at radius 1 is 1.06 bits per heavy atom. The fourth-order valence-electron chi connectivity index (χ4n) is 4.61. The average molecular weight is 508 g/mol. The number of amides is 3. The van der Waals surface area contributed by atoms with E-state index in [0.717, 1.165) is 0 Å². The maximum atomic E-state index is 14.1. The number of carbonyl (C=O) groups is 3. The van der Waals surface area contributed by atoms with Crippen LogP contribution < -0.4 is 10.6 Å². The molecule has 3 atom stereocenters. The number of halogens is 1. The maximum Gasteiger partial charge on any atom is 0.328 e. The van der Waals surface area contributed by atoms with E-state index in [-0.39, 0.29) is 38.6 Å². The van der Waals surface area contributed by atoms with Crippen LogP contribution in [0.25, 0.3) is 0 Å². The number of carbonyl (C=O) groups excluding carboxylic acids is 2. The normalized spacial score (nSPS) is 20.2. The number of carboxylic acid groups (broad SMARTS) is 1. The van der Waals surface area contributed by atoms with Crippen molar-refractivity contribution in [3.05, 3.63) is 35.1 Å². The molecule has 36 heavy (non-hydrogen) atoms. The van der Waals surface area contributed by atoms with Crippen molar-refractivity contribution in [1.29, 1.82) is 0 Å². The van der Waals surface area contributed by atoms with Crippen LogP contribution in [0.15, 0.2) is 18.2 Å². The van der Waals surface area contributed by atoms with Gasteiger partial charge in [0.2, 0.25) is 5.91 Å². The Balaban J connectivity index is 1.73. The zero-order chi connectivity index (χ0) is 27.0. The standard InChI is InChI=1S/C25H38FN5O5/c1-24(2,3)19(27-22(35)28-25(4,5)6)20(32)29-10-11-31(18(14-29)21(33)34)23(36)30-12-15-8-7-9-17(26)16(15)13-30/h7-9,18-19,22,27-28,35H,10-14H2,1-6H3,(H,33,34)/t18-,19-,22?/m1/s1. The second-order valence-corrected chi connectivity index (χ2v) is 11.6. The lowest BCUT2D eigenvalue weighted by Gasteiger charge is -2.43. The molecule has 1 aromatic carbocycles. The van der Waals surface area contributed by atoms with Crippen molar-refractivity contribution in [2.24, 2.45) is 5.41 Å². The molecule has 2 heterocycles. The van der Waals surface area contributed by atoms with Gasteiger partial charge in [0.15, 0.2) is 6.35 Å². The molecular weight excluding hydrogens is 469 g/mol. The SMILES string of the molecule is CC(C)(C)NC(O)N[C@H](C(=O)N1CCN(C(=O)N2Cc3cccc(F)c3C2)[C@@H](C(=O)O)C1)C(C)(C)C. The molecule has 2 aliphatic heterocycles. The van der Waals surface area contributed by atoms with Crippen LogP contribution in [-0.2, 0) is 22.7 Å². The van der Waals surface area contributed by atoms with Crippen LogP contribution in [0.4, 0.5) is 9.18 Å². The number of carboxylic acids is 1. The van der Waals surface area contributed by atoms with Gasteiger partial charge in [-0.05, 0) is 37.8 Å². The number of benzene rings is 1. The molecule has 0 spiro atoms. The van der Waals surface area contributed by atoms with Crippen LogP contribution in [0.5, 0.6) is 0 Å². The predicted molar refractivity (Wildman–Crippen MR) is 131 cm³/mol. The minimum atomic E-state index is -1.25. The third-order valence-electron chi connectivity index (χ3n) is 6.43. The van der Waals surface area contributed by atoms with Gasteiger partial charge in [0.25, 0.3) is 0 Å². The van der Waals surface area contributed by atoms with Crippen LogP contribution in [0.3, 0.4) is 0 Å². The highest BCUT2D eigenvalue weighted by Gasteiger charge is 2.43. The fourth-order valence-corrected chi connectivity index (χ4v) is 4.61. The lowest BCUT2D eigenvalue weighted by Crippen LogP contribution is -2.66. The zero-order valence-electron chi connectivity index (χ0n) is 21.8. The number of aliphatic carboxylic acids is 1. The number of aliphatic hydroxyl groups is 1. The largest absolute Gasteiger partial charge is 0.480 e. The van der Waals surface area contributed by atoms with Crippen molar-refractivity contribution >= 4 is 17.9 Å². The van der Waals surface area contributed by atoms with Crippen LogP contribution in [0.2, 0.25) is 0 Å². The van der Waals surface area contributed by atoms with E-state index in [2.05, 4.69) is 10.6 Å². The molecule has 10 nitrogen and oxygen atoms in total. The van der Waals surface area contributed by atoms with E-state index < -0.39 is 47.2 Å². The first-order chi connectivity index (χ1) is 16.6. The molecular formula is C25H38FN5O5. The Hall–Kier alpha value is -2.76. The van der Waals surface area contributed by atoms with E-state index in [1.165, 1.54) is 20.8 Å². The van der Waals surface area contributed by atoms with E-state index in [0.29, 0.717) is 11.1 Å². The van der Waals surface area contributed by atoms with Crippen LogP contribution in [-0.4, -0.2) is 86.4 Å². The van der Waals surface area contributed by atoms with Crippen LogP contribution >= 0.6 is 0 Å². The van der Waals surface area contributed by atoms with Gasteiger partial charge < -0.3 is 24.9 Å². The molecule has 0 radical (unpaired) electrons. The number of aliphatic hydroxyl groups excluding tert-OH is 1. The predicted octanol–water partition coefficient (Wildman–Crippen LogP) is 1.53. The molecule has 200 valence electrons. The summed E-state index contributed by atoms with van der Waals surface area (Å²) in [6, 6.07) is 2.11. The van der Waals surface area contributed by atoms with Gasteiger partial charge in [-0.2, -0.15) is 0 Å². The highest BCUT2D eigenvalue weighted by atomic mass is 19.1. The van der Waals surface area contributed by atoms with Crippen molar-refractivity contribution in [1.82, 2.24) is 25.3 Å². The van der Waals surface area contributed by atoms with Gasteiger partial charge in [0, 0.05) is 30.7 Å². The van der Waals surface area contributed by atoms with E-state index in [9.17, 15) is 29.0 Å². The van der Waals surface area contributed by atoms with Gasteiger partial charge in [-0.1, -0.05) is 32.9 Å². The lowest BCUT2D eigenvalue weighted by atomic mass is 9.85. The Morgan fingerprint density at radius 3 is 2.28 bits per heavy atom. The van der Waals surface area contributed by atoms with Crippen LogP contribution in [0, 0.1) is 11.2 Å². The molecule has 4 N–H and O–H groups in total. The molecule has 3 amide bonds. The first-order valence-corrected chi connectivity index (χ1v) is 12.1. The summed E-state index contributed by atoms with van der Waals surface area (Å²) in [7, 11) is 0. The second kappa shape index (κ2) is 10.3. The van der Waals surface area contributed by atoms with E-state index in [4.69, 9.17) is 0 Å². The summed E-state index contributed by atoms with van der Waals surface area (Å²) in [6.07, 6.45) is -1.16. The average Bonchev–Trinajstić information content (AvgIpc) is 3.20. The van der Waals surface area contributed by atoms with Crippen molar-refractivity contribution < 1.29 is 29.0 Å². The van der Waals surface area contributed by atoms with Crippen molar-refractivity contribution in [3.63, 3.8) is 0 Å². The van der Waals surface area contributed by atoms with Gasteiger partial charge in [0.05, 0.1) is 19.1 Å². The molecule has 0 aliphatic carbocycles. The van der Waals surface area contributed by atoms with Gasteiger partial charge >= 0.3 is 12.0 Å². The third kappa shape index (κ3) is 6.32. The highest BCUT2D eigenvalue weighted by Crippen LogP contribution is 2.28. The Kier molecular flexibility index (Phi) is 7.97. The number of nitrogens with one attached hydrogen (secondary N) is 2. The van der Waals surface area contributed by atoms with Gasteiger partial charge in [-0.25, -0.2) is 14.0 Å². The highest BCUT2D eigenvalue weighted by molar-refractivity contribution is 5.87. The molecule has 2 aliphatic rings. The number of hydrogen-bond acceptors (Lipinski definition) is 6. The third-order valence-corrected chi connectivity index (χ3v) is 6.43. The summed E-state index contributed by atoms with van der Waals surface area (Å²) in [5.41, 5.74) is 0.143. The molecule has 0 bridgehead atoms. The Morgan fingerprint density at radius 2 is 1.72 bits per heavy atom. The summed E-state index contributed by atoms with van der Waals surface area (Å²) in [6.45, 7) is 11.4. The van der Waals surface area contributed by atoms with Crippen molar-refractivity contribution in [3.8, 4) is 0 Å². The number of nitrogens with zero attached hydrogens (tertiary/aromatic N) is 3. The molecule has 1 fully saturated rings.